The first-order valence-electron chi connectivity index (χ1n) is 5.84. The third-order valence-corrected chi connectivity index (χ3v) is 3.36. The number of aromatic nitrogens is 1. The number of aryl methyl sites for hydroxylation is 4. The quantitative estimate of drug-likeness (QED) is 0.589. The highest BCUT2D eigenvalue weighted by atomic mass is 15.0. The Morgan fingerprint density at radius 1 is 1.12 bits per heavy atom. The van der Waals surface area contributed by atoms with Crippen LogP contribution in [0.1, 0.15) is 16.7 Å². The summed E-state index contributed by atoms with van der Waals surface area (Å²) in [5, 5.41) is 0. The molecule has 0 atom stereocenters. The fourth-order valence-electron chi connectivity index (χ4n) is 2.74. The van der Waals surface area contributed by atoms with Gasteiger partial charge in [0.15, 0.2) is 12.7 Å². The standard InChI is InChI=1S/C15H16N/c1-11-9-12(2)15-14-6-4-3-5-13(14)7-8-16(15)10-11/h3-6,9-10H,7-8H2,1-2H3/q+1. The SMILES string of the molecule is Cc1cc(C)c2[n+](c1)CCc1ccccc1-2. The highest BCUT2D eigenvalue weighted by Gasteiger charge is 2.24. The van der Waals surface area contributed by atoms with Crippen molar-refractivity contribution in [1.29, 1.82) is 0 Å². The Balaban J connectivity index is 2.32. The van der Waals surface area contributed by atoms with Crippen LogP contribution in [-0.4, -0.2) is 0 Å². The molecule has 2 aromatic rings. The van der Waals surface area contributed by atoms with Crippen LogP contribution in [0.2, 0.25) is 0 Å². The lowest BCUT2D eigenvalue weighted by Crippen LogP contribution is -2.41. The van der Waals surface area contributed by atoms with Crippen molar-refractivity contribution in [2.45, 2.75) is 26.8 Å². The number of pyridine rings is 1. The average Bonchev–Trinajstić information content (AvgIpc) is 2.28. The van der Waals surface area contributed by atoms with Gasteiger partial charge in [-0.25, -0.2) is 0 Å². The van der Waals surface area contributed by atoms with Gasteiger partial charge in [-0.05, 0) is 31.5 Å². The molecular formula is C15H16N+. The topological polar surface area (TPSA) is 3.88 Å². The van der Waals surface area contributed by atoms with Crippen molar-refractivity contribution in [3.8, 4) is 11.3 Å². The summed E-state index contributed by atoms with van der Waals surface area (Å²) in [5.74, 6) is 0. The Kier molecular flexibility index (Phi) is 2.06. The van der Waals surface area contributed by atoms with Crippen molar-refractivity contribution in [3.05, 3.63) is 53.2 Å². The van der Waals surface area contributed by atoms with E-state index in [9.17, 15) is 0 Å². The van der Waals surface area contributed by atoms with Crippen LogP contribution in [0, 0.1) is 13.8 Å². The molecule has 0 fully saturated rings. The molecule has 1 aromatic carbocycles. The predicted octanol–water partition coefficient (Wildman–Crippen LogP) is 2.81. The minimum Gasteiger partial charge on any atom is -0.197 e. The summed E-state index contributed by atoms with van der Waals surface area (Å²) >= 11 is 0. The van der Waals surface area contributed by atoms with Crippen molar-refractivity contribution >= 4 is 0 Å². The molecule has 1 nitrogen and oxygen atoms in total. The number of hydrogen-bond acceptors (Lipinski definition) is 0. The summed E-state index contributed by atoms with van der Waals surface area (Å²) in [6, 6.07) is 11.0. The normalized spacial score (nSPS) is 13.1. The molecule has 80 valence electrons. The molecule has 0 aliphatic carbocycles. The number of fused-ring (bicyclic) bond motifs is 3. The van der Waals surface area contributed by atoms with Gasteiger partial charge >= 0.3 is 0 Å². The fraction of sp³-hybridized carbons (Fsp3) is 0.267. The number of hydrogen-bond donors (Lipinski definition) is 0. The van der Waals surface area contributed by atoms with Gasteiger partial charge < -0.3 is 0 Å². The maximum Gasteiger partial charge on any atom is 0.215 e. The molecule has 16 heavy (non-hydrogen) atoms. The van der Waals surface area contributed by atoms with E-state index in [1.165, 1.54) is 27.9 Å². The zero-order valence-electron chi connectivity index (χ0n) is 9.83. The summed E-state index contributed by atoms with van der Waals surface area (Å²) in [5.41, 5.74) is 7.01. The molecule has 1 aliphatic rings. The Bertz CT molecular complexity index is 555. The molecular weight excluding hydrogens is 194 g/mol. The van der Waals surface area contributed by atoms with Gasteiger partial charge in [-0.15, -0.1) is 0 Å². The van der Waals surface area contributed by atoms with E-state index in [1.54, 1.807) is 0 Å². The van der Waals surface area contributed by atoms with Crippen molar-refractivity contribution in [3.63, 3.8) is 0 Å². The monoisotopic (exact) mass is 210 g/mol. The summed E-state index contributed by atoms with van der Waals surface area (Å²) in [7, 11) is 0. The third-order valence-electron chi connectivity index (χ3n) is 3.36. The van der Waals surface area contributed by atoms with E-state index in [4.69, 9.17) is 0 Å². The van der Waals surface area contributed by atoms with E-state index >= 15 is 0 Å². The highest BCUT2D eigenvalue weighted by Crippen LogP contribution is 2.27. The van der Waals surface area contributed by atoms with Gasteiger partial charge in [0.05, 0.1) is 0 Å². The second-order valence-corrected chi connectivity index (χ2v) is 4.65. The second-order valence-electron chi connectivity index (χ2n) is 4.65. The Morgan fingerprint density at radius 3 is 2.81 bits per heavy atom. The van der Waals surface area contributed by atoms with Gasteiger partial charge in [0, 0.05) is 23.1 Å². The molecule has 1 aromatic heterocycles. The summed E-state index contributed by atoms with van der Waals surface area (Å²) in [6.07, 6.45) is 3.41. The van der Waals surface area contributed by atoms with Crippen molar-refractivity contribution < 1.29 is 4.57 Å². The minimum atomic E-state index is 1.11. The molecule has 0 N–H and O–H groups in total. The molecule has 0 unspecified atom stereocenters. The third kappa shape index (κ3) is 1.35. The van der Waals surface area contributed by atoms with E-state index in [-0.39, 0.29) is 0 Å². The first-order valence-corrected chi connectivity index (χ1v) is 5.84. The minimum absolute atomic E-state index is 1.11. The van der Waals surface area contributed by atoms with E-state index in [2.05, 4.69) is 54.9 Å². The smallest absolute Gasteiger partial charge is 0.197 e. The lowest BCUT2D eigenvalue weighted by Gasteiger charge is -2.16. The van der Waals surface area contributed by atoms with Crippen LogP contribution in [0.4, 0.5) is 0 Å². The van der Waals surface area contributed by atoms with Gasteiger partial charge in [-0.3, -0.25) is 0 Å². The molecule has 0 spiro atoms. The van der Waals surface area contributed by atoms with Gasteiger partial charge in [-0.2, -0.15) is 4.57 Å². The molecule has 1 heteroatoms. The van der Waals surface area contributed by atoms with Gasteiger partial charge in [0.1, 0.15) is 0 Å². The Morgan fingerprint density at radius 2 is 1.94 bits per heavy atom. The van der Waals surface area contributed by atoms with Gasteiger partial charge in [0.25, 0.3) is 0 Å². The van der Waals surface area contributed by atoms with Crippen LogP contribution in [0.15, 0.2) is 36.5 Å². The molecule has 0 amide bonds. The first kappa shape index (κ1) is 9.59. The molecule has 0 radical (unpaired) electrons. The number of benzene rings is 1. The van der Waals surface area contributed by atoms with E-state index in [0.717, 1.165) is 13.0 Å². The van der Waals surface area contributed by atoms with Crippen molar-refractivity contribution in [2.24, 2.45) is 0 Å². The van der Waals surface area contributed by atoms with E-state index in [0.29, 0.717) is 0 Å². The van der Waals surface area contributed by atoms with Crippen LogP contribution in [-0.2, 0) is 13.0 Å². The Labute approximate surface area is 96.4 Å². The van der Waals surface area contributed by atoms with E-state index in [1.807, 2.05) is 0 Å². The number of nitrogens with zero attached hydrogens (tertiary/aromatic N) is 1. The van der Waals surface area contributed by atoms with Crippen LogP contribution in [0.25, 0.3) is 11.3 Å². The van der Waals surface area contributed by atoms with Crippen LogP contribution >= 0.6 is 0 Å². The second kappa shape index (κ2) is 3.44. The molecule has 0 saturated heterocycles. The van der Waals surface area contributed by atoms with Crippen LogP contribution < -0.4 is 4.57 Å². The van der Waals surface area contributed by atoms with Gasteiger partial charge in [-0.1, -0.05) is 18.2 Å². The van der Waals surface area contributed by atoms with Crippen molar-refractivity contribution in [2.75, 3.05) is 0 Å². The molecule has 0 saturated carbocycles. The van der Waals surface area contributed by atoms with E-state index < -0.39 is 0 Å². The highest BCUT2D eigenvalue weighted by molar-refractivity contribution is 5.65. The summed E-state index contributed by atoms with van der Waals surface area (Å²) < 4.78 is 2.40. The average molecular weight is 210 g/mol. The molecule has 3 rings (SSSR count). The maximum atomic E-state index is 2.40. The largest absolute Gasteiger partial charge is 0.215 e. The molecule has 2 heterocycles. The molecule has 0 bridgehead atoms. The lowest BCUT2D eigenvalue weighted by atomic mass is 9.94. The zero-order chi connectivity index (χ0) is 11.1. The van der Waals surface area contributed by atoms with Crippen LogP contribution in [0.5, 0.6) is 0 Å². The summed E-state index contributed by atoms with van der Waals surface area (Å²) in [6.45, 7) is 5.48. The lowest BCUT2D eigenvalue weighted by molar-refractivity contribution is -0.688. The maximum absolute atomic E-state index is 2.40. The molecule has 1 aliphatic heterocycles. The first-order chi connectivity index (χ1) is 7.75. The fourth-order valence-corrected chi connectivity index (χ4v) is 2.74. The van der Waals surface area contributed by atoms with Crippen molar-refractivity contribution in [1.82, 2.24) is 0 Å². The van der Waals surface area contributed by atoms with Crippen LogP contribution in [0.3, 0.4) is 0 Å². The Hall–Kier alpha value is -1.63. The predicted molar refractivity (Wildman–Crippen MR) is 65.3 cm³/mol. The number of rotatable bonds is 0. The van der Waals surface area contributed by atoms with Gasteiger partial charge in [0.2, 0.25) is 5.69 Å². The zero-order valence-corrected chi connectivity index (χ0v) is 9.83. The summed E-state index contributed by atoms with van der Waals surface area (Å²) in [4.78, 5) is 0.